The maximum absolute atomic E-state index is 10.9. The zero-order chi connectivity index (χ0) is 12.1. The average Bonchev–Trinajstić information content (AvgIpc) is 2.27. The summed E-state index contributed by atoms with van der Waals surface area (Å²) >= 11 is 6.00. The topological polar surface area (TPSA) is 46.4 Å². The van der Waals surface area contributed by atoms with Crippen molar-refractivity contribution in [1.29, 1.82) is 0 Å². The number of halogens is 1. The van der Waals surface area contributed by atoms with Crippen molar-refractivity contribution in [2.75, 3.05) is 13.1 Å². The normalized spacial score (nSPS) is 10.8. The lowest BCUT2D eigenvalue weighted by atomic mass is 10.1. The number of hydrogen-bond donors (Lipinski definition) is 0. The second-order valence-corrected chi connectivity index (χ2v) is 3.86. The summed E-state index contributed by atoms with van der Waals surface area (Å²) in [6.45, 7) is 6.25. The van der Waals surface area contributed by atoms with Gasteiger partial charge in [-0.1, -0.05) is 31.5 Å². The molecule has 0 aliphatic heterocycles. The summed E-state index contributed by atoms with van der Waals surface area (Å²) in [6.07, 6.45) is 0. The molecule has 0 aromatic heterocycles. The molecule has 1 aromatic carbocycles. The Kier molecular flexibility index (Phi) is 4.71. The van der Waals surface area contributed by atoms with Gasteiger partial charge in [-0.2, -0.15) is 0 Å². The minimum Gasteiger partial charge on any atom is -0.299 e. The Morgan fingerprint density at radius 1 is 1.38 bits per heavy atom. The van der Waals surface area contributed by atoms with Gasteiger partial charge in [0.2, 0.25) is 0 Å². The quantitative estimate of drug-likeness (QED) is 0.589. The van der Waals surface area contributed by atoms with Crippen molar-refractivity contribution in [2.45, 2.75) is 20.4 Å². The molecule has 5 heteroatoms. The van der Waals surface area contributed by atoms with E-state index >= 15 is 0 Å². The lowest BCUT2D eigenvalue weighted by Gasteiger charge is -2.18. The molecule has 1 rings (SSSR count). The van der Waals surface area contributed by atoms with Gasteiger partial charge in [0, 0.05) is 12.6 Å². The molecule has 0 radical (unpaired) electrons. The van der Waals surface area contributed by atoms with Crippen molar-refractivity contribution < 1.29 is 4.92 Å². The molecular formula is C11H15ClN2O2. The number of nitrogens with zero attached hydrogens (tertiary/aromatic N) is 2. The van der Waals surface area contributed by atoms with Crippen molar-refractivity contribution >= 4 is 17.3 Å². The van der Waals surface area contributed by atoms with Crippen LogP contribution in [0.15, 0.2) is 18.2 Å². The first-order chi connectivity index (χ1) is 7.60. The maximum Gasteiger partial charge on any atom is 0.275 e. The van der Waals surface area contributed by atoms with Gasteiger partial charge in [-0.15, -0.1) is 0 Å². The monoisotopic (exact) mass is 242 g/mol. The number of rotatable bonds is 5. The molecule has 0 N–H and O–H groups in total. The van der Waals surface area contributed by atoms with E-state index in [2.05, 4.69) is 4.90 Å². The lowest BCUT2D eigenvalue weighted by Crippen LogP contribution is -2.22. The van der Waals surface area contributed by atoms with E-state index in [1.165, 1.54) is 6.07 Å². The molecule has 0 saturated carbocycles. The van der Waals surface area contributed by atoms with E-state index in [9.17, 15) is 10.1 Å². The fraction of sp³-hybridized carbons (Fsp3) is 0.455. The molecule has 0 atom stereocenters. The summed E-state index contributed by atoms with van der Waals surface area (Å²) in [5.74, 6) is 0. The van der Waals surface area contributed by atoms with Crippen LogP contribution in [0.4, 0.5) is 5.69 Å². The fourth-order valence-electron chi connectivity index (χ4n) is 1.55. The van der Waals surface area contributed by atoms with Gasteiger partial charge >= 0.3 is 0 Å². The molecule has 0 aliphatic rings. The highest BCUT2D eigenvalue weighted by Gasteiger charge is 2.17. The number of nitro benzene ring substituents is 1. The fourth-order valence-corrected chi connectivity index (χ4v) is 1.77. The summed E-state index contributed by atoms with van der Waals surface area (Å²) in [6, 6.07) is 4.78. The molecule has 0 saturated heterocycles. The van der Waals surface area contributed by atoms with Gasteiger partial charge in [0.15, 0.2) is 0 Å². The molecular weight excluding hydrogens is 228 g/mol. The van der Waals surface area contributed by atoms with Crippen molar-refractivity contribution in [3.63, 3.8) is 0 Å². The summed E-state index contributed by atoms with van der Waals surface area (Å²) in [4.78, 5) is 12.6. The second-order valence-electron chi connectivity index (χ2n) is 3.46. The van der Waals surface area contributed by atoms with Gasteiger partial charge in [-0.3, -0.25) is 15.0 Å². The largest absolute Gasteiger partial charge is 0.299 e. The number of nitro groups is 1. The first-order valence-corrected chi connectivity index (χ1v) is 5.62. The van der Waals surface area contributed by atoms with E-state index in [-0.39, 0.29) is 10.6 Å². The van der Waals surface area contributed by atoms with Crippen LogP contribution in [0.3, 0.4) is 0 Å². The third-order valence-electron chi connectivity index (χ3n) is 2.57. The van der Waals surface area contributed by atoms with Gasteiger partial charge in [0.05, 0.1) is 15.5 Å². The predicted molar refractivity (Wildman–Crippen MR) is 64.7 cm³/mol. The number of hydrogen-bond acceptors (Lipinski definition) is 3. The van der Waals surface area contributed by atoms with Crippen LogP contribution in [0.25, 0.3) is 0 Å². The van der Waals surface area contributed by atoms with Crippen molar-refractivity contribution in [3.8, 4) is 0 Å². The molecule has 0 spiro atoms. The van der Waals surface area contributed by atoms with Crippen LogP contribution < -0.4 is 0 Å². The highest BCUT2D eigenvalue weighted by molar-refractivity contribution is 6.31. The van der Waals surface area contributed by atoms with Crippen molar-refractivity contribution in [2.24, 2.45) is 0 Å². The van der Waals surface area contributed by atoms with Crippen molar-refractivity contribution in [1.82, 2.24) is 4.90 Å². The van der Waals surface area contributed by atoms with Gasteiger partial charge < -0.3 is 0 Å². The molecule has 88 valence electrons. The SMILES string of the molecule is CCN(CC)Cc1c(Cl)cccc1[N+](=O)[O-]. The molecule has 0 fully saturated rings. The zero-order valence-corrected chi connectivity index (χ0v) is 10.2. The molecule has 0 bridgehead atoms. The van der Waals surface area contributed by atoms with E-state index in [0.29, 0.717) is 17.1 Å². The zero-order valence-electron chi connectivity index (χ0n) is 9.44. The molecule has 0 heterocycles. The van der Waals surface area contributed by atoms with E-state index in [4.69, 9.17) is 11.6 Å². The Balaban J connectivity index is 3.05. The Morgan fingerprint density at radius 2 is 2.00 bits per heavy atom. The van der Waals surface area contributed by atoms with Crippen LogP contribution in [0.2, 0.25) is 5.02 Å². The first-order valence-electron chi connectivity index (χ1n) is 5.24. The first kappa shape index (κ1) is 12.9. The van der Waals surface area contributed by atoms with Crippen molar-refractivity contribution in [3.05, 3.63) is 38.9 Å². The number of benzene rings is 1. The van der Waals surface area contributed by atoms with Crippen LogP contribution >= 0.6 is 11.6 Å². The Bertz CT molecular complexity index is 378. The average molecular weight is 243 g/mol. The van der Waals surface area contributed by atoms with Crippen LogP contribution in [0, 0.1) is 10.1 Å². The second kappa shape index (κ2) is 5.82. The van der Waals surface area contributed by atoms with Gasteiger partial charge in [0.1, 0.15) is 0 Å². The molecule has 4 nitrogen and oxygen atoms in total. The van der Waals surface area contributed by atoms with E-state index in [1.54, 1.807) is 12.1 Å². The van der Waals surface area contributed by atoms with E-state index in [0.717, 1.165) is 13.1 Å². The van der Waals surface area contributed by atoms with E-state index < -0.39 is 0 Å². The van der Waals surface area contributed by atoms with E-state index in [1.807, 2.05) is 13.8 Å². The van der Waals surface area contributed by atoms with Gasteiger partial charge in [-0.05, 0) is 19.2 Å². The summed E-state index contributed by atoms with van der Waals surface area (Å²) in [7, 11) is 0. The third-order valence-corrected chi connectivity index (χ3v) is 2.92. The Morgan fingerprint density at radius 3 is 2.50 bits per heavy atom. The highest BCUT2D eigenvalue weighted by Crippen LogP contribution is 2.27. The predicted octanol–water partition coefficient (Wildman–Crippen LogP) is 3.09. The summed E-state index contributed by atoms with van der Waals surface area (Å²) in [5.41, 5.74) is 0.692. The molecule has 0 unspecified atom stereocenters. The molecule has 16 heavy (non-hydrogen) atoms. The third kappa shape index (κ3) is 2.93. The lowest BCUT2D eigenvalue weighted by molar-refractivity contribution is -0.385. The minimum absolute atomic E-state index is 0.0967. The van der Waals surface area contributed by atoms with Crippen LogP contribution in [0.1, 0.15) is 19.4 Å². The molecule has 0 aliphatic carbocycles. The standard InChI is InChI=1S/C11H15ClN2O2/c1-3-13(4-2)8-9-10(12)6-5-7-11(9)14(15)16/h5-7H,3-4,8H2,1-2H3. The minimum atomic E-state index is -0.384. The summed E-state index contributed by atoms with van der Waals surface area (Å²) < 4.78 is 0. The summed E-state index contributed by atoms with van der Waals surface area (Å²) in [5, 5.41) is 11.3. The Hall–Kier alpha value is -1.13. The highest BCUT2D eigenvalue weighted by atomic mass is 35.5. The van der Waals surface area contributed by atoms with Crippen LogP contribution in [-0.4, -0.2) is 22.9 Å². The van der Waals surface area contributed by atoms with Crippen LogP contribution in [-0.2, 0) is 6.54 Å². The van der Waals surface area contributed by atoms with Gasteiger partial charge in [-0.25, -0.2) is 0 Å². The Labute approximate surface area is 100.0 Å². The smallest absolute Gasteiger partial charge is 0.275 e. The molecule has 1 aromatic rings. The van der Waals surface area contributed by atoms with Crippen LogP contribution in [0.5, 0.6) is 0 Å². The maximum atomic E-state index is 10.9. The molecule has 0 amide bonds. The van der Waals surface area contributed by atoms with Gasteiger partial charge in [0.25, 0.3) is 5.69 Å².